The minimum absolute atomic E-state index is 0.0378. The molecular formula is C17H13ClO5. The number of halogens is 1. The predicted molar refractivity (Wildman–Crippen MR) is 83.1 cm³/mol. The third kappa shape index (κ3) is 3.46. The first kappa shape index (κ1) is 15.4. The fraction of sp³-hybridized carbons (Fsp3) is 0.176. The summed E-state index contributed by atoms with van der Waals surface area (Å²) in [6, 6.07) is 13.6. The molecule has 2 aromatic carbocycles. The van der Waals surface area contributed by atoms with E-state index in [9.17, 15) is 9.59 Å². The average Bonchev–Trinajstić information content (AvgIpc) is 2.59. The molecule has 0 amide bonds. The molecule has 2 aromatic rings. The first-order chi connectivity index (χ1) is 11.1. The van der Waals surface area contributed by atoms with Gasteiger partial charge in [0.25, 0.3) is 0 Å². The van der Waals surface area contributed by atoms with Gasteiger partial charge in [0.15, 0.2) is 18.1 Å². The van der Waals surface area contributed by atoms with Gasteiger partial charge in [0, 0.05) is 5.56 Å². The van der Waals surface area contributed by atoms with Crippen LogP contribution in [0.15, 0.2) is 48.5 Å². The molecule has 0 radical (unpaired) electrons. The maximum atomic E-state index is 12.0. The molecule has 0 spiro atoms. The lowest BCUT2D eigenvalue weighted by atomic mass is 10.1. The molecule has 1 aliphatic heterocycles. The molecule has 23 heavy (non-hydrogen) atoms. The number of fused-ring (bicyclic) bond motifs is 1. The van der Waals surface area contributed by atoms with E-state index in [0.717, 1.165) is 0 Å². The Labute approximate surface area is 137 Å². The van der Waals surface area contributed by atoms with Gasteiger partial charge in [-0.05, 0) is 24.3 Å². The maximum absolute atomic E-state index is 12.0. The van der Waals surface area contributed by atoms with E-state index >= 15 is 0 Å². The van der Waals surface area contributed by atoms with E-state index in [1.54, 1.807) is 42.5 Å². The van der Waals surface area contributed by atoms with E-state index < -0.39 is 18.7 Å². The van der Waals surface area contributed by atoms with E-state index in [1.165, 1.54) is 0 Å². The summed E-state index contributed by atoms with van der Waals surface area (Å²) in [7, 11) is 0. The summed E-state index contributed by atoms with van der Waals surface area (Å²) in [5, 5.41) is 0.319. The highest BCUT2D eigenvalue weighted by molar-refractivity contribution is 6.34. The fourth-order valence-electron chi connectivity index (χ4n) is 2.13. The van der Waals surface area contributed by atoms with E-state index in [2.05, 4.69) is 0 Å². The minimum atomic E-state index is -0.899. The van der Waals surface area contributed by atoms with Crippen molar-refractivity contribution in [1.82, 2.24) is 0 Å². The summed E-state index contributed by atoms with van der Waals surface area (Å²) in [6.45, 7) is -0.361. The van der Waals surface area contributed by atoms with Gasteiger partial charge in [-0.15, -0.1) is 0 Å². The van der Waals surface area contributed by atoms with Crippen LogP contribution in [0.2, 0.25) is 5.02 Å². The van der Waals surface area contributed by atoms with Crippen LogP contribution in [0.5, 0.6) is 11.5 Å². The van der Waals surface area contributed by atoms with E-state index in [1.807, 2.05) is 6.07 Å². The molecule has 118 valence electrons. The van der Waals surface area contributed by atoms with Crippen molar-refractivity contribution in [1.29, 1.82) is 0 Å². The van der Waals surface area contributed by atoms with Crippen molar-refractivity contribution in [3.63, 3.8) is 0 Å². The molecule has 0 unspecified atom stereocenters. The second kappa shape index (κ2) is 6.71. The fourth-order valence-corrected chi connectivity index (χ4v) is 2.37. The Morgan fingerprint density at radius 1 is 1.09 bits per heavy atom. The predicted octanol–water partition coefficient (Wildman–Crippen LogP) is 2.91. The highest BCUT2D eigenvalue weighted by atomic mass is 35.5. The monoisotopic (exact) mass is 332 g/mol. The molecular weight excluding hydrogens is 320 g/mol. The van der Waals surface area contributed by atoms with Crippen LogP contribution in [-0.2, 0) is 9.53 Å². The van der Waals surface area contributed by atoms with Gasteiger partial charge >= 0.3 is 5.97 Å². The highest BCUT2D eigenvalue weighted by Crippen LogP contribution is 2.31. The summed E-state index contributed by atoms with van der Waals surface area (Å²) < 4.78 is 16.0. The number of esters is 1. The van der Waals surface area contributed by atoms with Crippen molar-refractivity contribution in [3.8, 4) is 11.5 Å². The Morgan fingerprint density at radius 2 is 1.78 bits per heavy atom. The zero-order valence-electron chi connectivity index (χ0n) is 12.0. The SMILES string of the molecule is O=C(COC(=O)[C@@H]1COc2ccccc2O1)c1ccccc1Cl. The van der Waals surface area contributed by atoms with Gasteiger partial charge in [0.05, 0.1) is 5.02 Å². The molecule has 1 atom stereocenters. The van der Waals surface area contributed by atoms with Crippen LogP contribution in [0.3, 0.4) is 0 Å². The van der Waals surface area contributed by atoms with Crippen LogP contribution < -0.4 is 9.47 Å². The molecule has 5 nitrogen and oxygen atoms in total. The number of hydrogen-bond acceptors (Lipinski definition) is 5. The van der Waals surface area contributed by atoms with Crippen molar-refractivity contribution >= 4 is 23.4 Å². The molecule has 0 saturated heterocycles. The first-order valence-corrected chi connectivity index (χ1v) is 7.36. The van der Waals surface area contributed by atoms with Crippen molar-refractivity contribution in [2.45, 2.75) is 6.10 Å². The second-order valence-electron chi connectivity index (χ2n) is 4.87. The molecule has 0 saturated carbocycles. The average molecular weight is 333 g/mol. The number of hydrogen-bond donors (Lipinski definition) is 0. The topological polar surface area (TPSA) is 61.8 Å². The zero-order chi connectivity index (χ0) is 16.2. The van der Waals surface area contributed by atoms with E-state index in [-0.39, 0.29) is 12.4 Å². The molecule has 0 N–H and O–H groups in total. The van der Waals surface area contributed by atoms with Gasteiger partial charge in [-0.1, -0.05) is 35.9 Å². The molecule has 0 bridgehead atoms. The molecule has 0 aliphatic carbocycles. The lowest BCUT2D eigenvalue weighted by Crippen LogP contribution is -2.38. The van der Waals surface area contributed by atoms with Crippen LogP contribution in [0, 0.1) is 0 Å². The summed E-state index contributed by atoms with van der Waals surface area (Å²) in [6.07, 6.45) is -0.899. The van der Waals surface area contributed by atoms with Crippen molar-refractivity contribution in [3.05, 3.63) is 59.1 Å². The number of ether oxygens (including phenoxy) is 3. The number of para-hydroxylation sites is 2. The van der Waals surface area contributed by atoms with E-state index in [4.69, 9.17) is 25.8 Å². The van der Waals surface area contributed by atoms with E-state index in [0.29, 0.717) is 22.1 Å². The Bertz CT molecular complexity index is 743. The number of benzene rings is 2. The van der Waals surface area contributed by atoms with Crippen LogP contribution in [0.4, 0.5) is 0 Å². The zero-order valence-corrected chi connectivity index (χ0v) is 12.8. The minimum Gasteiger partial charge on any atom is -0.485 e. The van der Waals surface area contributed by atoms with Gasteiger partial charge in [0.2, 0.25) is 11.9 Å². The van der Waals surface area contributed by atoms with Gasteiger partial charge < -0.3 is 14.2 Å². The Hall–Kier alpha value is -2.53. The number of carbonyl (C=O) groups is 2. The number of carbonyl (C=O) groups excluding carboxylic acids is 2. The first-order valence-electron chi connectivity index (χ1n) is 6.98. The van der Waals surface area contributed by atoms with Gasteiger partial charge in [0.1, 0.15) is 6.61 Å². The van der Waals surface area contributed by atoms with Gasteiger partial charge in [-0.25, -0.2) is 4.79 Å². The third-order valence-corrected chi connectivity index (χ3v) is 3.62. The highest BCUT2D eigenvalue weighted by Gasteiger charge is 2.29. The Kier molecular flexibility index (Phi) is 4.48. The van der Waals surface area contributed by atoms with Crippen molar-refractivity contribution in [2.75, 3.05) is 13.2 Å². The number of ketones is 1. The van der Waals surface area contributed by atoms with Crippen LogP contribution in [0.1, 0.15) is 10.4 Å². The smallest absolute Gasteiger partial charge is 0.351 e. The normalized spacial score (nSPS) is 15.8. The van der Waals surface area contributed by atoms with Gasteiger partial charge in [-0.2, -0.15) is 0 Å². The second-order valence-corrected chi connectivity index (χ2v) is 5.28. The third-order valence-electron chi connectivity index (χ3n) is 3.29. The standard InChI is InChI=1S/C17H13ClO5/c18-12-6-2-1-5-11(12)13(19)9-22-17(20)16-10-21-14-7-3-4-8-15(14)23-16/h1-8,16H,9-10H2/t16-/m0/s1. The van der Waals surface area contributed by atoms with Crippen molar-refractivity contribution in [2.24, 2.45) is 0 Å². The molecule has 3 rings (SSSR count). The lowest BCUT2D eigenvalue weighted by molar-refractivity contribution is -0.153. The molecule has 6 heteroatoms. The van der Waals surface area contributed by atoms with Crippen LogP contribution in [-0.4, -0.2) is 31.1 Å². The molecule has 0 fully saturated rings. The Morgan fingerprint density at radius 3 is 2.57 bits per heavy atom. The quantitative estimate of drug-likeness (QED) is 0.636. The Balaban J connectivity index is 1.58. The summed E-state index contributed by atoms with van der Waals surface area (Å²) >= 11 is 5.93. The summed E-state index contributed by atoms with van der Waals surface area (Å²) in [5.41, 5.74) is 0.313. The number of Topliss-reactive ketones (excluding diaryl/α,β-unsaturated/α-hetero) is 1. The lowest BCUT2D eigenvalue weighted by Gasteiger charge is -2.24. The maximum Gasteiger partial charge on any atom is 0.351 e. The molecule has 0 aromatic heterocycles. The summed E-state index contributed by atoms with van der Waals surface area (Å²) in [4.78, 5) is 24.0. The van der Waals surface area contributed by atoms with Crippen LogP contribution >= 0.6 is 11.6 Å². The largest absolute Gasteiger partial charge is 0.485 e. The summed E-state index contributed by atoms with van der Waals surface area (Å²) in [5.74, 6) is 0.0165. The van der Waals surface area contributed by atoms with Crippen molar-refractivity contribution < 1.29 is 23.8 Å². The van der Waals surface area contributed by atoms with Gasteiger partial charge in [-0.3, -0.25) is 4.79 Å². The molecule has 1 aliphatic rings. The molecule has 1 heterocycles. The van der Waals surface area contributed by atoms with Crippen LogP contribution in [0.25, 0.3) is 0 Å². The number of rotatable bonds is 4.